The summed E-state index contributed by atoms with van der Waals surface area (Å²) in [7, 11) is -2.15. The lowest BCUT2D eigenvalue weighted by Gasteiger charge is -2.31. The summed E-state index contributed by atoms with van der Waals surface area (Å²) in [4.78, 5) is 27.0. The van der Waals surface area contributed by atoms with E-state index in [1.165, 1.54) is 13.0 Å². The molecule has 0 radical (unpaired) electrons. The monoisotopic (exact) mass is 593 g/mol. The molecular formula is C28H31N7O6S. The largest absolute Gasteiger partial charge is 0.479 e. The zero-order valence-corrected chi connectivity index (χ0v) is 24.7. The van der Waals surface area contributed by atoms with E-state index in [4.69, 9.17) is 14.2 Å². The molecule has 0 unspecified atom stereocenters. The maximum atomic E-state index is 12.6. The van der Waals surface area contributed by atoms with Gasteiger partial charge < -0.3 is 29.7 Å². The molecular weight excluding hydrogens is 562 g/mol. The van der Waals surface area contributed by atoms with Crippen LogP contribution in [0.5, 0.6) is 11.6 Å². The molecule has 0 bridgehead atoms. The summed E-state index contributed by atoms with van der Waals surface area (Å²) in [6.07, 6.45) is 2.30. The first-order chi connectivity index (χ1) is 19.8. The second kappa shape index (κ2) is 11.1. The molecule has 5 heterocycles. The zero-order valence-electron chi connectivity index (χ0n) is 23.8. The summed E-state index contributed by atoms with van der Waals surface area (Å²) >= 11 is 0. The molecule has 1 amide bonds. The molecule has 0 aromatic carbocycles. The number of nitrogens with one attached hydrogen (secondary N) is 2. The van der Waals surface area contributed by atoms with E-state index < -0.39 is 15.4 Å². The van der Waals surface area contributed by atoms with Crippen LogP contribution >= 0.6 is 0 Å². The van der Waals surface area contributed by atoms with Crippen LogP contribution in [0.25, 0.3) is 11.3 Å². The Balaban J connectivity index is 1.57. The van der Waals surface area contributed by atoms with Crippen LogP contribution in [0, 0.1) is 17.2 Å². The fourth-order valence-electron chi connectivity index (χ4n) is 4.75. The summed E-state index contributed by atoms with van der Waals surface area (Å²) in [6.45, 7) is 6.30. The van der Waals surface area contributed by atoms with Gasteiger partial charge in [0.15, 0.2) is 20.6 Å². The van der Waals surface area contributed by atoms with Crippen molar-refractivity contribution in [2.45, 2.75) is 37.5 Å². The van der Waals surface area contributed by atoms with Crippen molar-refractivity contribution in [1.29, 1.82) is 5.26 Å². The number of anilines is 4. The summed E-state index contributed by atoms with van der Waals surface area (Å²) < 4.78 is 42.5. The van der Waals surface area contributed by atoms with E-state index in [9.17, 15) is 18.5 Å². The van der Waals surface area contributed by atoms with Crippen LogP contribution in [-0.4, -0.2) is 74.0 Å². The normalized spacial score (nSPS) is 19.2. The Kier molecular flexibility index (Phi) is 7.65. The summed E-state index contributed by atoms with van der Waals surface area (Å²) in [5.74, 6) is 0.650. The van der Waals surface area contributed by atoms with Gasteiger partial charge >= 0.3 is 0 Å². The van der Waals surface area contributed by atoms with Gasteiger partial charge in [0.05, 0.1) is 29.5 Å². The van der Waals surface area contributed by atoms with Gasteiger partial charge in [0, 0.05) is 63.0 Å². The van der Waals surface area contributed by atoms with Crippen LogP contribution in [0.3, 0.4) is 0 Å². The molecule has 220 valence electrons. The molecule has 42 heavy (non-hydrogen) atoms. The number of carbonyl (C=O) groups excluding carboxylic acids is 1. The van der Waals surface area contributed by atoms with Gasteiger partial charge in [-0.15, -0.1) is 0 Å². The second-order valence-corrected chi connectivity index (χ2v) is 12.8. The highest BCUT2D eigenvalue weighted by Crippen LogP contribution is 2.38. The van der Waals surface area contributed by atoms with Gasteiger partial charge in [-0.3, -0.25) is 4.79 Å². The van der Waals surface area contributed by atoms with Crippen molar-refractivity contribution in [3.63, 3.8) is 0 Å². The number of ether oxygens (including phenoxy) is 3. The van der Waals surface area contributed by atoms with E-state index in [1.807, 2.05) is 18.7 Å². The van der Waals surface area contributed by atoms with Crippen molar-refractivity contribution < 1.29 is 27.4 Å². The summed E-state index contributed by atoms with van der Waals surface area (Å²) in [5.41, 5.74) is 1.56. The third kappa shape index (κ3) is 6.22. The molecule has 5 rings (SSSR count). The lowest BCUT2D eigenvalue weighted by atomic mass is 10.1. The van der Waals surface area contributed by atoms with E-state index in [0.717, 1.165) is 6.26 Å². The first-order valence-corrected chi connectivity index (χ1v) is 15.0. The maximum Gasteiger partial charge on any atom is 0.257 e. The van der Waals surface area contributed by atoms with E-state index >= 15 is 0 Å². The third-order valence-electron chi connectivity index (χ3n) is 6.78. The summed E-state index contributed by atoms with van der Waals surface area (Å²) in [5, 5.41) is 15.3. The van der Waals surface area contributed by atoms with Gasteiger partial charge in [0.2, 0.25) is 5.91 Å². The fourth-order valence-corrected chi connectivity index (χ4v) is 5.35. The number of aromatic nitrogens is 3. The smallest absolute Gasteiger partial charge is 0.257 e. The Bertz CT molecular complexity index is 1690. The molecule has 2 aliphatic rings. The lowest BCUT2D eigenvalue weighted by Crippen LogP contribution is -2.39. The third-order valence-corrected chi connectivity index (χ3v) is 7.75. The SMILES string of the molecule is CO[C@@H]1CN(c2cc(Nc3cc(NC(C)=O)ncc3-c3ccc4c(n3)OCC(C)(C)O4)nc(S(C)(=O)=O)c2)C[C@@H]1C#N. The van der Waals surface area contributed by atoms with Gasteiger partial charge in [-0.1, -0.05) is 0 Å². The highest BCUT2D eigenvalue weighted by molar-refractivity contribution is 7.90. The molecule has 0 spiro atoms. The van der Waals surface area contributed by atoms with Crippen molar-refractivity contribution in [2.75, 3.05) is 48.6 Å². The van der Waals surface area contributed by atoms with Crippen LogP contribution in [0.4, 0.5) is 23.0 Å². The molecule has 2 aliphatic heterocycles. The molecule has 0 saturated carbocycles. The predicted octanol–water partition coefficient (Wildman–Crippen LogP) is 3.17. The molecule has 1 saturated heterocycles. The zero-order chi connectivity index (χ0) is 30.2. The number of rotatable bonds is 7. The van der Waals surface area contributed by atoms with Crippen LogP contribution in [0.1, 0.15) is 20.8 Å². The Morgan fingerprint density at radius 1 is 1.19 bits per heavy atom. The molecule has 13 nitrogen and oxygen atoms in total. The first-order valence-electron chi connectivity index (χ1n) is 13.1. The second-order valence-electron chi connectivity index (χ2n) is 10.8. The molecule has 0 aliphatic carbocycles. The van der Waals surface area contributed by atoms with Gasteiger partial charge in [-0.2, -0.15) is 5.26 Å². The minimum absolute atomic E-state index is 0.144. The standard InChI is InChI=1S/C28H31N7O6S/c1-16(36)31-24-10-21(19(12-30-24)20-6-7-22-27(33-20)40-15-28(2,3)41-22)32-25-8-18(9-26(34-25)42(5,37)38)35-13-17(11-29)23(14-35)39-4/h6-10,12,17,23H,13-15H2,1-5H3,(H2,30,31,32,34,36)/t17-,23+/m0/s1. The molecule has 2 atom stereocenters. The highest BCUT2D eigenvalue weighted by atomic mass is 32.2. The van der Waals surface area contributed by atoms with Gasteiger partial charge in [-0.25, -0.2) is 23.4 Å². The number of nitrogens with zero attached hydrogens (tertiary/aromatic N) is 5. The average molecular weight is 594 g/mol. The van der Waals surface area contributed by atoms with Crippen molar-refractivity contribution in [3.05, 3.63) is 36.5 Å². The van der Waals surface area contributed by atoms with Crippen LogP contribution in [0.2, 0.25) is 0 Å². The Morgan fingerprint density at radius 3 is 2.64 bits per heavy atom. The van der Waals surface area contributed by atoms with E-state index in [0.29, 0.717) is 54.0 Å². The van der Waals surface area contributed by atoms with E-state index in [1.54, 1.807) is 37.6 Å². The number of nitriles is 1. The molecule has 3 aromatic rings. The van der Waals surface area contributed by atoms with Crippen LogP contribution in [-0.2, 0) is 19.4 Å². The first kappa shape index (κ1) is 29.0. The number of fused-ring (bicyclic) bond motifs is 1. The minimum Gasteiger partial charge on any atom is -0.479 e. The maximum absolute atomic E-state index is 12.6. The fraction of sp³-hybridized carbons (Fsp3) is 0.393. The van der Waals surface area contributed by atoms with Crippen LogP contribution < -0.4 is 25.0 Å². The number of hydrogen-bond donors (Lipinski definition) is 2. The molecule has 2 N–H and O–H groups in total. The minimum atomic E-state index is -3.70. The average Bonchev–Trinajstić information content (AvgIpc) is 3.35. The van der Waals surface area contributed by atoms with E-state index in [-0.39, 0.29) is 34.6 Å². The van der Waals surface area contributed by atoms with Gasteiger partial charge in [-0.05, 0) is 32.0 Å². The number of carbonyl (C=O) groups is 1. The molecule has 14 heteroatoms. The van der Waals surface area contributed by atoms with Gasteiger partial charge in [0.25, 0.3) is 5.88 Å². The van der Waals surface area contributed by atoms with Crippen molar-refractivity contribution >= 4 is 38.8 Å². The Morgan fingerprint density at radius 2 is 1.98 bits per heavy atom. The van der Waals surface area contributed by atoms with Crippen molar-refractivity contribution in [2.24, 2.45) is 5.92 Å². The quantitative estimate of drug-likeness (QED) is 0.411. The number of methoxy groups -OCH3 is 1. The topological polar surface area (TPSA) is 169 Å². The van der Waals surface area contributed by atoms with Crippen molar-refractivity contribution in [3.8, 4) is 29.0 Å². The molecule has 1 fully saturated rings. The predicted molar refractivity (Wildman–Crippen MR) is 155 cm³/mol. The van der Waals surface area contributed by atoms with Gasteiger partial charge in [0.1, 0.15) is 23.8 Å². The van der Waals surface area contributed by atoms with Crippen molar-refractivity contribution in [1.82, 2.24) is 15.0 Å². The Hall–Kier alpha value is -4.48. The van der Waals surface area contributed by atoms with E-state index in [2.05, 4.69) is 31.7 Å². The number of sulfone groups is 1. The number of hydrogen-bond acceptors (Lipinski definition) is 12. The highest BCUT2D eigenvalue weighted by Gasteiger charge is 2.34. The number of pyridine rings is 3. The molecule has 3 aromatic heterocycles. The number of amides is 1. The van der Waals surface area contributed by atoms with Crippen LogP contribution in [0.15, 0.2) is 41.6 Å². The lowest BCUT2D eigenvalue weighted by molar-refractivity contribution is -0.114. The summed E-state index contributed by atoms with van der Waals surface area (Å²) in [6, 6.07) is 10.6. The Labute approximate surface area is 243 Å².